The van der Waals surface area contributed by atoms with Crippen LogP contribution in [0.2, 0.25) is 0 Å². The van der Waals surface area contributed by atoms with Crippen molar-refractivity contribution in [2.24, 2.45) is 0 Å². The Morgan fingerprint density at radius 1 is 1.25 bits per heavy atom. The molecule has 2 aromatic carbocycles. The fraction of sp³-hybridized carbons (Fsp3) is 0.133. The topological polar surface area (TPSA) is 35.5 Å². The van der Waals surface area contributed by atoms with Gasteiger partial charge < -0.3 is 9.47 Å². The summed E-state index contributed by atoms with van der Waals surface area (Å²) >= 11 is 3.37. The number of carbonyl (C=O) groups is 1. The summed E-state index contributed by atoms with van der Waals surface area (Å²) in [6.45, 7) is 0.146. The summed E-state index contributed by atoms with van der Waals surface area (Å²) in [5.41, 5.74) is 0.730. The first-order valence-electron chi connectivity index (χ1n) is 5.86. The highest BCUT2D eigenvalue weighted by Crippen LogP contribution is 2.25. The van der Waals surface area contributed by atoms with Gasteiger partial charge in [0.15, 0.2) is 0 Å². The van der Waals surface area contributed by atoms with Gasteiger partial charge in [0, 0.05) is 5.56 Å². The average molecular weight is 339 g/mol. The number of para-hydroxylation sites is 1. The van der Waals surface area contributed by atoms with E-state index in [1.165, 1.54) is 19.2 Å². The molecule has 0 bridgehead atoms. The number of methoxy groups -OCH3 is 1. The van der Waals surface area contributed by atoms with Crippen LogP contribution >= 0.6 is 15.9 Å². The van der Waals surface area contributed by atoms with E-state index in [9.17, 15) is 9.18 Å². The van der Waals surface area contributed by atoms with Crippen molar-refractivity contribution in [3.8, 4) is 5.75 Å². The maximum atomic E-state index is 13.2. The van der Waals surface area contributed by atoms with Crippen LogP contribution in [-0.4, -0.2) is 13.1 Å². The minimum absolute atomic E-state index is 0.146. The lowest BCUT2D eigenvalue weighted by Gasteiger charge is -2.11. The summed E-state index contributed by atoms with van der Waals surface area (Å²) in [5, 5.41) is 0. The van der Waals surface area contributed by atoms with Crippen LogP contribution in [0.3, 0.4) is 0 Å². The van der Waals surface area contributed by atoms with Crippen LogP contribution in [0.1, 0.15) is 15.9 Å². The predicted molar refractivity (Wildman–Crippen MR) is 76.2 cm³/mol. The SMILES string of the molecule is COC(=O)c1cc(F)ccc1COc1ccccc1Br. The molecular formula is C15H12BrFO3. The normalized spacial score (nSPS) is 10.2. The third-order valence-corrected chi connectivity index (χ3v) is 3.35. The lowest BCUT2D eigenvalue weighted by atomic mass is 10.1. The number of halogens is 2. The third-order valence-electron chi connectivity index (χ3n) is 2.70. The maximum Gasteiger partial charge on any atom is 0.338 e. The molecule has 0 atom stereocenters. The van der Waals surface area contributed by atoms with Crippen molar-refractivity contribution in [2.45, 2.75) is 6.61 Å². The van der Waals surface area contributed by atoms with Gasteiger partial charge in [-0.3, -0.25) is 0 Å². The van der Waals surface area contributed by atoms with Crippen molar-refractivity contribution in [3.63, 3.8) is 0 Å². The van der Waals surface area contributed by atoms with Gasteiger partial charge in [0.25, 0.3) is 0 Å². The largest absolute Gasteiger partial charge is 0.488 e. The Morgan fingerprint density at radius 2 is 2.00 bits per heavy atom. The highest BCUT2D eigenvalue weighted by molar-refractivity contribution is 9.10. The number of carbonyl (C=O) groups excluding carboxylic acids is 1. The number of benzene rings is 2. The molecule has 104 valence electrons. The van der Waals surface area contributed by atoms with Gasteiger partial charge in [0.05, 0.1) is 17.1 Å². The molecule has 3 nitrogen and oxygen atoms in total. The minimum atomic E-state index is -0.588. The van der Waals surface area contributed by atoms with E-state index in [-0.39, 0.29) is 12.2 Å². The van der Waals surface area contributed by atoms with Crippen LogP contribution in [0.15, 0.2) is 46.9 Å². The minimum Gasteiger partial charge on any atom is -0.488 e. The van der Waals surface area contributed by atoms with Gasteiger partial charge in [-0.05, 0) is 40.2 Å². The number of hydrogen-bond acceptors (Lipinski definition) is 3. The van der Waals surface area contributed by atoms with E-state index < -0.39 is 11.8 Å². The molecule has 0 spiro atoms. The van der Waals surface area contributed by atoms with Crippen LogP contribution in [0.4, 0.5) is 4.39 Å². The van der Waals surface area contributed by atoms with Gasteiger partial charge in [0.2, 0.25) is 0 Å². The van der Waals surface area contributed by atoms with Gasteiger partial charge in [-0.2, -0.15) is 0 Å². The van der Waals surface area contributed by atoms with Crippen molar-refractivity contribution in [1.29, 1.82) is 0 Å². The third kappa shape index (κ3) is 3.36. The molecule has 0 amide bonds. The van der Waals surface area contributed by atoms with Crippen LogP contribution in [0, 0.1) is 5.82 Å². The number of ether oxygens (including phenoxy) is 2. The second-order valence-electron chi connectivity index (χ2n) is 4.01. The molecule has 2 aromatic rings. The van der Waals surface area contributed by atoms with Gasteiger partial charge >= 0.3 is 5.97 Å². The quantitative estimate of drug-likeness (QED) is 0.791. The second kappa shape index (κ2) is 6.52. The number of esters is 1. The van der Waals surface area contributed by atoms with E-state index in [0.717, 1.165) is 10.5 Å². The monoisotopic (exact) mass is 338 g/mol. The molecular weight excluding hydrogens is 327 g/mol. The molecule has 2 rings (SSSR count). The molecule has 0 aromatic heterocycles. The van der Waals surface area contributed by atoms with Crippen molar-refractivity contribution in [3.05, 3.63) is 63.9 Å². The Bertz CT molecular complexity index is 628. The van der Waals surface area contributed by atoms with Gasteiger partial charge in [0.1, 0.15) is 18.2 Å². The molecule has 0 unspecified atom stereocenters. The summed E-state index contributed by atoms with van der Waals surface area (Å²) < 4.78 is 24.3. The molecule has 0 heterocycles. The van der Waals surface area contributed by atoms with Crippen molar-refractivity contribution < 1.29 is 18.7 Å². The Labute approximate surface area is 124 Å². The van der Waals surface area contributed by atoms with Crippen molar-refractivity contribution in [1.82, 2.24) is 0 Å². The van der Waals surface area contributed by atoms with Gasteiger partial charge in [-0.25, -0.2) is 9.18 Å². The number of rotatable bonds is 4. The number of hydrogen-bond donors (Lipinski definition) is 0. The van der Waals surface area contributed by atoms with Crippen LogP contribution < -0.4 is 4.74 Å². The summed E-state index contributed by atoms with van der Waals surface area (Å²) in [6, 6.07) is 11.3. The first-order valence-corrected chi connectivity index (χ1v) is 6.65. The summed E-state index contributed by atoms with van der Waals surface area (Å²) in [4.78, 5) is 11.6. The Hall–Kier alpha value is -1.88. The summed E-state index contributed by atoms with van der Waals surface area (Å²) in [5.74, 6) is -0.432. The van der Waals surface area contributed by atoms with E-state index >= 15 is 0 Å². The first kappa shape index (κ1) is 14.5. The fourth-order valence-electron chi connectivity index (χ4n) is 1.69. The molecule has 5 heteroatoms. The highest BCUT2D eigenvalue weighted by Gasteiger charge is 2.13. The molecule has 0 saturated heterocycles. The Kier molecular flexibility index (Phi) is 4.74. The molecule has 0 radical (unpaired) electrons. The van der Waals surface area contributed by atoms with E-state index in [1.807, 2.05) is 18.2 Å². The van der Waals surface area contributed by atoms with Crippen LogP contribution in [0.25, 0.3) is 0 Å². The van der Waals surface area contributed by atoms with Gasteiger partial charge in [-0.15, -0.1) is 0 Å². The second-order valence-corrected chi connectivity index (χ2v) is 4.87. The van der Waals surface area contributed by atoms with Crippen molar-refractivity contribution in [2.75, 3.05) is 7.11 Å². The predicted octanol–water partition coefficient (Wildman–Crippen LogP) is 3.95. The zero-order chi connectivity index (χ0) is 14.5. The standard InChI is InChI=1S/C15H12BrFO3/c1-19-15(18)12-8-11(17)7-6-10(12)9-20-14-5-3-2-4-13(14)16/h2-8H,9H2,1H3. The summed E-state index contributed by atoms with van der Waals surface area (Å²) in [7, 11) is 1.26. The van der Waals surface area contributed by atoms with Crippen molar-refractivity contribution >= 4 is 21.9 Å². The van der Waals surface area contributed by atoms with E-state index in [0.29, 0.717) is 11.3 Å². The van der Waals surface area contributed by atoms with Gasteiger partial charge in [-0.1, -0.05) is 18.2 Å². The van der Waals surface area contributed by atoms with E-state index in [2.05, 4.69) is 20.7 Å². The molecule has 0 fully saturated rings. The van der Waals surface area contributed by atoms with Crippen LogP contribution in [-0.2, 0) is 11.3 Å². The lowest BCUT2D eigenvalue weighted by molar-refractivity contribution is 0.0597. The summed E-state index contributed by atoms with van der Waals surface area (Å²) in [6.07, 6.45) is 0. The first-order chi connectivity index (χ1) is 9.61. The Balaban J connectivity index is 2.21. The lowest BCUT2D eigenvalue weighted by Crippen LogP contribution is -2.08. The van der Waals surface area contributed by atoms with Crippen LogP contribution in [0.5, 0.6) is 5.75 Å². The van der Waals surface area contributed by atoms with E-state index in [1.54, 1.807) is 6.07 Å². The molecule has 0 N–H and O–H groups in total. The fourth-order valence-corrected chi connectivity index (χ4v) is 2.09. The smallest absolute Gasteiger partial charge is 0.338 e. The molecule has 0 aliphatic heterocycles. The Morgan fingerprint density at radius 3 is 2.70 bits per heavy atom. The average Bonchev–Trinajstić information content (AvgIpc) is 2.46. The highest BCUT2D eigenvalue weighted by atomic mass is 79.9. The zero-order valence-electron chi connectivity index (χ0n) is 10.7. The molecule has 0 saturated carbocycles. The zero-order valence-corrected chi connectivity index (χ0v) is 12.3. The molecule has 0 aliphatic carbocycles. The molecule has 20 heavy (non-hydrogen) atoms. The molecule has 0 aliphatic rings. The maximum absolute atomic E-state index is 13.2. The van der Waals surface area contributed by atoms with E-state index in [4.69, 9.17) is 4.74 Å².